The third-order valence-corrected chi connectivity index (χ3v) is 8.39. The maximum atomic E-state index is 10.8. The van der Waals surface area contributed by atoms with Gasteiger partial charge in [-0.2, -0.15) is 10.7 Å². The van der Waals surface area contributed by atoms with E-state index in [1.54, 1.807) is 13.0 Å². The molecule has 0 amide bonds. The summed E-state index contributed by atoms with van der Waals surface area (Å²) in [5.41, 5.74) is 5.53. The van der Waals surface area contributed by atoms with Crippen molar-refractivity contribution in [2.24, 2.45) is 0 Å². The number of furan rings is 1. The number of carbonyl (C=O) groups excluding carboxylic acids is 1. The van der Waals surface area contributed by atoms with Gasteiger partial charge in [0.15, 0.2) is 5.78 Å². The molecule has 2 aromatic heterocycles. The minimum Gasteiger partial charge on any atom is -0.685 e. The standard InChI is InChI=1S/C28H21N2O.C11H19NO.Ir/c1-16(2)24-15-20(14-19-9-5-6-10-21(19)24)26-25-23-13-12-18-8-4-7-11-22(18)27(23)31-28(25)30-17(3)29-26;1-9(8-10(2)13)12-11-6-4-3-5-7-11;/h4-13,15-16H,1-3H3;8,11H,3-7H2,1-2H3,(H,12,13);/q-1;;/p-1. The van der Waals surface area contributed by atoms with Gasteiger partial charge in [0, 0.05) is 42.0 Å². The number of hydrogen-bond donors (Lipinski definition) is 0. The van der Waals surface area contributed by atoms with Crippen LogP contribution < -0.4 is 0 Å². The molecule has 4 aromatic carbocycles. The average molecular weight is 774 g/mol. The predicted molar refractivity (Wildman–Crippen MR) is 182 cm³/mol. The second-order valence-corrected chi connectivity index (χ2v) is 12.2. The Balaban J connectivity index is 0.000000243. The second kappa shape index (κ2) is 14.1. The summed E-state index contributed by atoms with van der Waals surface area (Å²) in [6, 6.07) is 27.3. The van der Waals surface area contributed by atoms with Crippen molar-refractivity contribution in [3.63, 3.8) is 0 Å². The molecular weight excluding hydrogens is 735 g/mol. The van der Waals surface area contributed by atoms with E-state index in [9.17, 15) is 4.79 Å². The van der Waals surface area contributed by atoms with Gasteiger partial charge in [0.2, 0.25) is 5.71 Å². The number of benzene rings is 4. The Kier molecular flexibility index (Phi) is 10.2. The van der Waals surface area contributed by atoms with E-state index in [1.807, 2.05) is 26.0 Å². The molecule has 1 radical (unpaired) electrons. The molecule has 1 aliphatic rings. The SMILES string of the molecule is CC(=O)/C=C(/C)[N-]C1CCCCC1.Cc1nc(-c2[c-]c3ccccc3c(C(C)C)c2)c2c(n1)oc1c3ccccc3ccc12.[Ir]. The van der Waals surface area contributed by atoms with Crippen LogP contribution in [0.1, 0.15) is 77.1 Å². The fraction of sp³-hybridized carbons (Fsp3) is 0.308. The predicted octanol–water partition coefficient (Wildman–Crippen LogP) is 10.8. The van der Waals surface area contributed by atoms with Crippen molar-refractivity contribution >= 4 is 49.4 Å². The van der Waals surface area contributed by atoms with Crippen molar-refractivity contribution < 1.29 is 29.3 Å². The van der Waals surface area contributed by atoms with Gasteiger partial charge in [-0.05, 0) is 31.2 Å². The van der Waals surface area contributed by atoms with Crippen molar-refractivity contribution in [1.82, 2.24) is 9.97 Å². The number of carbonyl (C=O) groups is 1. The van der Waals surface area contributed by atoms with Crippen LogP contribution in [0.2, 0.25) is 0 Å². The Morgan fingerprint density at radius 1 is 0.933 bits per heavy atom. The number of aryl methyl sites for hydroxylation is 1. The summed E-state index contributed by atoms with van der Waals surface area (Å²) >= 11 is 0. The van der Waals surface area contributed by atoms with Gasteiger partial charge in [0.25, 0.3) is 0 Å². The summed E-state index contributed by atoms with van der Waals surface area (Å²) in [6.45, 7) is 9.85. The zero-order valence-electron chi connectivity index (χ0n) is 26.6. The van der Waals surface area contributed by atoms with Crippen molar-refractivity contribution in [3.8, 4) is 11.3 Å². The van der Waals surface area contributed by atoms with Gasteiger partial charge in [0.1, 0.15) is 11.4 Å². The number of ketones is 1. The first-order valence-electron chi connectivity index (χ1n) is 15.7. The van der Waals surface area contributed by atoms with Crippen molar-refractivity contribution in [3.05, 3.63) is 101 Å². The van der Waals surface area contributed by atoms with E-state index >= 15 is 0 Å². The molecule has 1 aliphatic carbocycles. The van der Waals surface area contributed by atoms with E-state index in [-0.39, 0.29) is 25.9 Å². The van der Waals surface area contributed by atoms with Crippen LogP contribution in [-0.4, -0.2) is 21.8 Å². The molecule has 0 aliphatic heterocycles. The van der Waals surface area contributed by atoms with Gasteiger partial charge in [-0.3, -0.25) is 9.78 Å². The average Bonchev–Trinajstić information content (AvgIpc) is 3.39. The first-order valence-corrected chi connectivity index (χ1v) is 15.7. The van der Waals surface area contributed by atoms with Crippen LogP contribution in [0.4, 0.5) is 0 Å². The van der Waals surface area contributed by atoms with Gasteiger partial charge < -0.3 is 9.73 Å². The maximum Gasteiger partial charge on any atom is 0.223 e. The first-order chi connectivity index (χ1) is 21.3. The van der Waals surface area contributed by atoms with Crippen molar-refractivity contribution in [1.29, 1.82) is 0 Å². The molecular formula is C39H39IrN3O2-2. The van der Waals surface area contributed by atoms with Crippen LogP contribution in [0.3, 0.4) is 0 Å². The number of rotatable bonds is 5. The van der Waals surface area contributed by atoms with E-state index in [0.717, 1.165) is 49.5 Å². The van der Waals surface area contributed by atoms with E-state index in [4.69, 9.17) is 9.40 Å². The summed E-state index contributed by atoms with van der Waals surface area (Å²) in [4.78, 5) is 20.3. The van der Waals surface area contributed by atoms with Crippen molar-refractivity contribution in [2.45, 2.75) is 78.7 Å². The summed E-state index contributed by atoms with van der Waals surface area (Å²) in [5.74, 6) is 1.18. The van der Waals surface area contributed by atoms with Gasteiger partial charge in [-0.1, -0.05) is 118 Å². The molecule has 0 unspecified atom stereocenters. The largest absolute Gasteiger partial charge is 0.685 e. The molecule has 0 spiro atoms. The normalized spacial score (nSPS) is 14.0. The zero-order valence-corrected chi connectivity index (χ0v) is 29.0. The van der Waals surface area contributed by atoms with Crippen LogP contribution in [0.15, 0.2) is 82.9 Å². The number of aromatic nitrogens is 2. The molecule has 233 valence electrons. The number of nitrogens with zero attached hydrogens (tertiary/aromatic N) is 3. The molecule has 0 bridgehead atoms. The minimum atomic E-state index is 0. The molecule has 0 N–H and O–H groups in total. The monoisotopic (exact) mass is 774 g/mol. The molecule has 2 heterocycles. The molecule has 6 heteroatoms. The van der Waals surface area contributed by atoms with Crippen molar-refractivity contribution in [2.75, 3.05) is 0 Å². The molecule has 0 saturated heterocycles. The maximum absolute atomic E-state index is 10.8. The van der Waals surface area contributed by atoms with E-state index < -0.39 is 0 Å². The smallest absolute Gasteiger partial charge is 0.223 e. The topological polar surface area (TPSA) is 70.1 Å². The third kappa shape index (κ3) is 7.03. The Morgan fingerprint density at radius 2 is 1.64 bits per heavy atom. The fourth-order valence-corrected chi connectivity index (χ4v) is 6.40. The third-order valence-electron chi connectivity index (χ3n) is 8.39. The van der Waals surface area contributed by atoms with E-state index in [2.05, 4.69) is 84.8 Å². The minimum absolute atomic E-state index is 0. The fourth-order valence-electron chi connectivity index (χ4n) is 6.40. The molecule has 45 heavy (non-hydrogen) atoms. The van der Waals surface area contributed by atoms with Gasteiger partial charge >= 0.3 is 0 Å². The van der Waals surface area contributed by atoms with Crippen LogP contribution in [-0.2, 0) is 24.9 Å². The Bertz CT molecular complexity index is 2020. The Hall–Kier alpha value is -3.86. The van der Waals surface area contributed by atoms with E-state index in [1.165, 1.54) is 43.1 Å². The number of allylic oxidation sites excluding steroid dienone is 2. The van der Waals surface area contributed by atoms with Crippen LogP contribution in [0.5, 0.6) is 0 Å². The number of fused-ring (bicyclic) bond motifs is 6. The second-order valence-electron chi connectivity index (χ2n) is 12.2. The van der Waals surface area contributed by atoms with Crippen LogP contribution >= 0.6 is 0 Å². The Labute approximate surface area is 278 Å². The van der Waals surface area contributed by atoms with Crippen LogP contribution in [0, 0.1) is 13.0 Å². The zero-order chi connectivity index (χ0) is 30.8. The summed E-state index contributed by atoms with van der Waals surface area (Å²) < 4.78 is 6.31. The first kappa shape index (κ1) is 32.5. The molecule has 1 saturated carbocycles. The summed E-state index contributed by atoms with van der Waals surface area (Å²) in [5, 5.41) is 11.1. The molecule has 0 atom stereocenters. The molecule has 6 aromatic rings. The van der Waals surface area contributed by atoms with Gasteiger partial charge in [-0.25, -0.2) is 0 Å². The summed E-state index contributed by atoms with van der Waals surface area (Å²) in [7, 11) is 0. The van der Waals surface area contributed by atoms with Gasteiger partial charge in [-0.15, -0.1) is 35.2 Å². The molecule has 7 rings (SSSR count). The summed E-state index contributed by atoms with van der Waals surface area (Å²) in [6.07, 6.45) is 7.95. The number of hydrogen-bond acceptors (Lipinski definition) is 4. The quantitative estimate of drug-likeness (QED) is 0.129. The Morgan fingerprint density at radius 3 is 2.38 bits per heavy atom. The molecule has 1 fully saturated rings. The van der Waals surface area contributed by atoms with Crippen LogP contribution in [0.25, 0.3) is 60.2 Å². The van der Waals surface area contributed by atoms with E-state index in [0.29, 0.717) is 23.5 Å². The van der Waals surface area contributed by atoms with Gasteiger partial charge in [0.05, 0.1) is 0 Å². The molecule has 5 nitrogen and oxygen atoms in total.